The summed E-state index contributed by atoms with van der Waals surface area (Å²) in [5.74, 6) is -0.168. The van der Waals surface area contributed by atoms with Gasteiger partial charge in [-0.25, -0.2) is 0 Å². The summed E-state index contributed by atoms with van der Waals surface area (Å²) >= 11 is 1.60. The second-order valence-electron chi connectivity index (χ2n) is 6.31. The number of aromatic amines is 1. The summed E-state index contributed by atoms with van der Waals surface area (Å²) in [5, 5.41) is 14.1. The van der Waals surface area contributed by atoms with Crippen LogP contribution in [-0.2, 0) is 4.74 Å². The van der Waals surface area contributed by atoms with Gasteiger partial charge in [-0.05, 0) is 29.6 Å². The van der Waals surface area contributed by atoms with E-state index in [1.54, 1.807) is 23.6 Å². The van der Waals surface area contributed by atoms with E-state index < -0.39 is 0 Å². The minimum Gasteiger partial charge on any atom is -0.379 e. The molecular weight excluding hydrogens is 362 g/mol. The third-order valence-electron chi connectivity index (χ3n) is 4.61. The first-order valence-corrected chi connectivity index (χ1v) is 9.84. The number of hydrogen-bond donors (Lipinski definition) is 2. The van der Waals surface area contributed by atoms with Crippen LogP contribution in [0.4, 0.5) is 0 Å². The smallest absolute Gasteiger partial charge is 0.269 e. The van der Waals surface area contributed by atoms with Gasteiger partial charge in [0.05, 0.1) is 30.6 Å². The zero-order valence-electron chi connectivity index (χ0n) is 14.8. The lowest BCUT2D eigenvalue weighted by Crippen LogP contribution is -2.44. The average Bonchev–Trinajstić information content (AvgIpc) is 3.41. The number of thiophene rings is 1. The summed E-state index contributed by atoms with van der Waals surface area (Å²) in [6.07, 6.45) is 1.78. The molecule has 3 aromatic heterocycles. The number of morpholine rings is 1. The minimum absolute atomic E-state index is 0.0123. The number of nitrogens with zero attached hydrogens (tertiary/aromatic N) is 3. The number of pyridine rings is 1. The van der Waals surface area contributed by atoms with Crippen molar-refractivity contribution in [1.29, 1.82) is 0 Å². The highest BCUT2D eigenvalue weighted by Crippen LogP contribution is 2.21. The fourth-order valence-electron chi connectivity index (χ4n) is 3.16. The van der Waals surface area contributed by atoms with Gasteiger partial charge < -0.3 is 10.1 Å². The summed E-state index contributed by atoms with van der Waals surface area (Å²) in [7, 11) is 0. The second kappa shape index (κ2) is 8.43. The molecule has 0 bridgehead atoms. The number of carbonyl (C=O) groups is 1. The first kappa shape index (κ1) is 17.8. The van der Waals surface area contributed by atoms with Gasteiger partial charge in [-0.15, -0.1) is 0 Å². The van der Waals surface area contributed by atoms with Crippen molar-refractivity contribution >= 4 is 17.2 Å². The van der Waals surface area contributed by atoms with Crippen molar-refractivity contribution in [2.24, 2.45) is 0 Å². The molecule has 2 N–H and O–H groups in total. The predicted molar refractivity (Wildman–Crippen MR) is 104 cm³/mol. The van der Waals surface area contributed by atoms with E-state index in [2.05, 4.69) is 25.4 Å². The molecule has 0 aliphatic carbocycles. The van der Waals surface area contributed by atoms with Crippen LogP contribution in [-0.4, -0.2) is 58.8 Å². The quantitative estimate of drug-likeness (QED) is 0.683. The molecule has 1 aliphatic rings. The largest absolute Gasteiger partial charge is 0.379 e. The average molecular weight is 383 g/mol. The molecule has 1 unspecified atom stereocenters. The molecule has 0 radical (unpaired) electrons. The molecule has 0 saturated carbocycles. The van der Waals surface area contributed by atoms with E-state index in [1.807, 2.05) is 35.0 Å². The Morgan fingerprint density at radius 3 is 2.96 bits per heavy atom. The van der Waals surface area contributed by atoms with E-state index >= 15 is 0 Å². The maximum Gasteiger partial charge on any atom is 0.269 e. The van der Waals surface area contributed by atoms with Crippen LogP contribution in [0.3, 0.4) is 0 Å². The summed E-state index contributed by atoms with van der Waals surface area (Å²) < 4.78 is 5.46. The maximum atomic E-state index is 12.6. The van der Waals surface area contributed by atoms with E-state index in [0.29, 0.717) is 25.5 Å². The Kier molecular flexibility index (Phi) is 5.57. The van der Waals surface area contributed by atoms with Gasteiger partial charge in [0, 0.05) is 36.8 Å². The molecule has 1 atom stereocenters. The molecule has 3 aromatic rings. The Morgan fingerprint density at radius 2 is 2.22 bits per heavy atom. The maximum absolute atomic E-state index is 12.6. The highest BCUT2D eigenvalue weighted by atomic mass is 32.1. The summed E-state index contributed by atoms with van der Waals surface area (Å²) in [5.41, 5.74) is 3.19. The Balaban J connectivity index is 1.45. The highest BCUT2D eigenvalue weighted by molar-refractivity contribution is 7.08. The number of nitrogens with one attached hydrogen (secondary N) is 2. The number of amides is 1. The number of ether oxygens (including phenoxy) is 1. The fourth-order valence-corrected chi connectivity index (χ4v) is 3.81. The lowest BCUT2D eigenvalue weighted by molar-refractivity contribution is 0.0153. The van der Waals surface area contributed by atoms with Crippen LogP contribution in [0.25, 0.3) is 11.3 Å². The molecule has 4 rings (SSSR count). The molecule has 140 valence electrons. The van der Waals surface area contributed by atoms with Crippen LogP contribution in [0, 0.1) is 0 Å². The number of H-pyrrole nitrogens is 1. The van der Waals surface area contributed by atoms with E-state index in [1.165, 1.54) is 0 Å². The number of hydrogen-bond acceptors (Lipinski definition) is 6. The monoisotopic (exact) mass is 383 g/mol. The molecule has 4 heterocycles. The van der Waals surface area contributed by atoms with Gasteiger partial charge in [-0.1, -0.05) is 6.07 Å². The topological polar surface area (TPSA) is 83.1 Å². The zero-order chi connectivity index (χ0) is 18.5. The SMILES string of the molecule is O=C(NCC(c1ccccn1)N1CCOCC1)c1cc(-c2ccsc2)n[nH]1. The Labute approximate surface area is 161 Å². The number of rotatable bonds is 6. The van der Waals surface area contributed by atoms with Crippen molar-refractivity contribution in [2.45, 2.75) is 6.04 Å². The van der Waals surface area contributed by atoms with Gasteiger partial charge in [0.2, 0.25) is 0 Å². The second-order valence-corrected chi connectivity index (χ2v) is 7.09. The van der Waals surface area contributed by atoms with Crippen molar-refractivity contribution in [2.75, 3.05) is 32.8 Å². The standard InChI is InChI=1S/C19H21N5O2S/c25-19(17-11-16(22-23-17)14-4-10-27-13-14)21-12-18(15-3-1-2-5-20-15)24-6-8-26-9-7-24/h1-5,10-11,13,18H,6-9,12H2,(H,21,25)(H,22,23). The van der Waals surface area contributed by atoms with Gasteiger partial charge in [-0.2, -0.15) is 16.4 Å². The molecule has 0 aromatic carbocycles. The summed E-state index contributed by atoms with van der Waals surface area (Å²) in [6.45, 7) is 3.51. The number of carbonyl (C=O) groups excluding carboxylic acids is 1. The van der Waals surface area contributed by atoms with Crippen molar-refractivity contribution in [3.63, 3.8) is 0 Å². The first-order chi connectivity index (χ1) is 13.3. The van der Waals surface area contributed by atoms with Crippen LogP contribution in [0.15, 0.2) is 47.3 Å². The normalized spacial score (nSPS) is 16.1. The van der Waals surface area contributed by atoms with Crippen molar-refractivity contribution in [3.05, 3.63) is 58.7 Å². The molecule has 1 amide bonds. The van der Waals surface area contributed by atoms with Gasteiger partial charge in [0.1, 0.15) is 5.69 Å². The molecule has 0 spiro atoms. The molecule has 27 heavy (non-hydrogen) atoms. The molecule has 7 nitrogen and oxygen atoms in total. The molecular formula is C19H21N5O2S. The predicted octanol–water partition coefficient (Wildman–Crippen LogP) is 2.34. The van der Waals surface area contributed by atoms with Crippen molar-refractivity contribution < 1.29 is 9.53 Å². The van der Waals surface area contributed by atoms with Crippen LogP contribution in [0.5, 0.6) is 0 Å². The molecule has 1 aliphatic heterocycles. The van der Waals surface area contributed by atoms with Crippen LogP contribution in [0.1, 0.15) is 22.2 Å². The van der Waals surface area contributed by atoms with Crippen molar-refractivity contribution in [3.8, 4) is 11.3 Å². The van der Waals surface area contributed by atoms with Gasteiger partial charge in [0.25, 0.3) is 5.91 Å². The third-order valence-corrected chi connectivity index (χ3v) is 5.29. The van der Waals surface area contributed by atoms with Gasteiger partial charge in [0.15, 0.2) is 0 Å². The Bertz CT molecular complexity index is 859. The van der Waals surface area contributed by atoms with Crippen LogP contribution < -0.4 is 5.32 Å². The van der Waals surface area contributed by atoms with E-state index in [4.69, 9.17) is 4.74 Å². The molecule has 1 fully saturated rings. The summed E-state index contributed by atoms with van der Waals surface area (Å²) in [4.78, 5) is 19.4. The minimum atomic E-state index is -0.168. The summed E-state index contributed by atoms with van der Waals surface area (Å²) in [6, 6.07) is 9.64. The first-order valence-electron chi connectivity index (χ1n) is 8.90. The van der Waals surface area contributed by atoms with Crippen LogP contribution in [0.2, 0.25) is 0 Å². The van der Waals surface area contributed by atoms with Crippen molar-refractivity contribution in [1.82, 2.24) is 25.4 Å². The Morgan fingerprint density at radius 1 is 1.33 bits per heavy atom. The van der Waals surface area contributed by atoms with E-state index in [9.17, 15) is 4.79 Å². The van der Waals surface area contributed by atoms with E-state index in [-0.39, 0.29) is 11.9 Å². The third kappa shape index (κ3) is 4.24. The van der Waals surface area contributed by atoms with Gasteiger partial charge >= 0.3 is 0 Å². The van der Waals surface area contributed by atoms with E-state index in [0.717, 1.165) is 30.0 Å². The zero-order valence-corrected chi connectivity index (χ0v) is 15.6. The molecule has 8 heteroatoms. The number of aromatic nitrogens is 3. The fraction of sp³-hybridized carbons (Fsp3) is 0.316. The van der Waals surface area contributed by atoms with Gasteiger partial charge in [-0.3, -0.25) is 19.8 Å². The molecule has 1 saturated heterocycles. The van der Waals surface area contributed by atoms with Crippen LogP contribution >= 0.6 is 11.3 Å². The lowest BCUT2D eigenvalue weighted by atomic mass is 10.1. The lowest BCUT2D eigenvalue weighted by Gasteiger charge is -2.34. The highest BCUT2D eigenvalue weighted by Gasteiger charge is 2.24. The Hall–Kier alpha value is -2.55.